The molecular weight excluding hydrogens is 336 g/mol. The highest BCUT2D eigenvalue weighted by molar-refractivity contribution is 5.85. The summed E-state index contributed by atoms with van der Waals surface area (Å²) in [5.41, 5.74) is 9.18. The van der Waals surface area contributed by atoms with Gasteiger partial charge in [0.1, 0.15) is 5.75 Å². The monoisotopic (exact) mass is 360 g/mol. The molecule has 0 aliphatic carbocycles. The molecule has 5 heteroatoms. The predicted octanol–water partition coefficient (Wildman–Crippen LogP) is 2.62. The summed E-state index contributed by atoms with van der Waals surface area (Å²) >= 11 is 0. The van der Waals surface area contributed by atoms with Crippen molar-refractivity contribution in [3.8, 4) is 5.75 Å². The van der Waals surface area contributed by atoms with Gasteiger partial charge >= 0.3 is 0 Å². The summed E-state index contributed by atoms with van der Waals surface area (Å²) in [5.74, 6) is 1.09. The molecule has 0 radical (unpaired) electrons. The van der Waals surface area contributed by atoms with E-state index in [1.54, 1.807) is 0 Å². The van der Waals surface area contributed by atoms with Gasteiger partial charge in [-0.2, -0.15) is 0 Å². The molecule has 1 aliphatic rings. The third kappa shape index (κ3) is 5.21. The molecule has 0 spiro atoms. The smallest absolute Gasteiger partial charge is 0.227 e. The minimum Gasteiger partial charge on any atom is -0.493 e. The lowest BCUT2D eigenvalue weighted by Crippen LogP contribution is -2.37. The minimum atomic E-state index is 0. The average molecular weight is 361 g/mol. The second-order valence-corrected chi connectivity index (χ2v) is 6.12. The Hall–Kier alpha value is -2.04. The topological polar surface area (TPSA) is 55.6 Å². The van der Waals surface area contributed by atoms with Crippen LogP contribution in [0.5, 0.6) is 5.75 Å². The first-order chi connectivity index (χ1) is 11.8. The van der Waals surface area contributed by atoms with Crippen LogP contribution in [0.3, 0.4) is 0 Å². The highest BCUT2D eigenvalue weighted by Gasteiger charge is 2.16. The fraction of sp³-hybridized carbons (Fsp3) is 0.350. The Morgan fingerprint density at radius 3 is 2.64 bits per heavy atom. The lowest BCUT2D eigenvalue weighted by molar-refractivity contribution is -0.130. The van der Waals surface area contributed by atoms with Crippen molar-refractivity contribution < 1.29 is 9.53 Å². The molecule has 0 fully saturated rings. The Morgan fingerprint density at radius 1 is 1.08 bits per heavy atom. The van der Waals surface area contributed by atoms with E-state index in [0.717, 1.165) is 30.8 Å². The van der Waals surface area contributed by atoms with Crippen LogP contribution >= 0.6 is 12.4 Å². The molecule has 0 saturated heterocycles. The first kappa shape index (κ1) is 19.3. The Kier molecular flexibility index (Phi) is 7.29. The van der Waals surface area contributed by atoms with Crippen molar-refractivity contribution in [3.05, 3.63) is 65.2 Å². The molecule has 2 aromatic carbocycles. The third-order valence-corrected chi connectivity index (χ3v) is 4.37. The zero-order valence-corrected chi connectivity index (χ0v) is 15.1. The summed E-state index contributed by atoms with van der Waals surface area (Å²) in [7, 11) is 0. The van der Waals surface area contributed by atoms with Crippen LogP contribution in [-0.4, -0.2) is 37.0 Å². The number of halogens is 1. The van der Waals surface area contributed by atoms with Gasteiger partial charge in [0.2, 0.25) is 5.91 Å². The average Bonchev–Trinajstić information content (AvgIpc) is 3.07. The van der Waals surface area contributed by atoms with Gasteiger partial charge in [-0.1, -0.05) is 42.5 Å². The minimum absolute atomic E-state index is 0. The molecule has 1 amide bonds. The van der Waals surface area contributed by atoms with Crippen molar-refractivity contribution in [1.29, 1.82) is 0 Å². The molecule has 1 heterocycles. The van der Waals surface area contributed by atoms with Crippen LogP contribution < -0.4 is 10.5 Å². The van der Waals surface area contributed by atoms with Crippen LogP contribution in [0.4, 0.5) is 0 Å². The van der Waals surface area contributed by atoms with Gasteiger partial charge in [0.15, 0.2) is 0 Å². The number of benzene rings is 2. The van der Waals surface area contributed by atoms with E-state index >= 15 is 0 Å². The summed E-state index contributed by atoms with van der Waals surface area (Å²) in [4.78, 5) is 14.5. The van der Waals surface area contributed by atoms with Crippen molar-refractivity contribution in [3.63, 3.8) is 0 Å². The lowest BCUT2D eigenvalue weighted by Gasteiger charge is -2.22. The molecule has 134 valence electrons. The quantitative estimate of drug-likeness (QED) is 0.825. The molecule has 0 saturated carbocycles. The summed E-state index contributed by atoms with van der Waals surface area (Å²) in [6.07, 6.45) is 2.20. The first-order valence-corrected chi connectivity index (χ1v) is 8.52. The number of hydrogen-bond acceptors (Lipinski definition) is 3. The van der Waals surface area contributed by atoms with Gasteiger partial charge in [-0.25, -0.2) is 0 Å². The normalized spacial score (nSPS) is 12.0. The van der Waals surface area contributed by atoms with Crippen LogP contribution in [0.1, 0.15) is 16.7 Å². The number of hydrogen-bond donors (Lipinski definition) is 1. The molecule has 0 aromatic heterocycles. The highest BCUT2D eigenvalue weighted by atomic mass is 35.5. The maximum absolute atomic E-state index is 12.7. The maximum atomic E-state index is 12.7. The van der Waals surface area contributed by atoms with E-state index in [2.05, 4.69) is 18.2 Å². The molecule has 3 rings (SSSR count). The molecule has 0 unspecified atom stereocenters. The van der Waals surface area contributed by atoms with Gasteiger partial charge in [-0.3, -0.25) is 4.79 Å². The number of ether oxygens (including phenoxy) is 1. The Labute approximate surface area is 155 Å². The molecule has 0 atom stereocenters. The number of carbonyl (C=O) groups is 1. The van der Waals surface area contributed by atoms with Crippen molar-refractivity contribution >= 4 is 18.3 Å². The van der Waals surface area contributed by atoms with E-state index in [9.17, 15) is 4.79 Å². The number of nitrogens with zero attached hydrogens (tertiary/aromatic N) is 1. The van der Waals surface area contributed by atoms with Crippen molar-refractivity contribution in [2.45, 2.75) is 19.3 Å². The predicted molar refractivity (Wildman–Crippen MR) is 102 cm³/mol. The van der Waals surface area contributed by atoms with E-state index in [4.69, 9.17) is 10.5 Å². The standard InChI is InChI=1S/C20H24N2O2.ClH/c21-10-12-22(11-8-16-4-2-1-3-5-16)20(23)15-17-6-7-19-18(14-17)9-13-24-19;/h1-7,14H,8-13,15,21H2;1H. The van der Waals surface area contributed by atoms with Crippen LogP contribution in [0.15, 0.2) is 48.5 Å². The lowest BCUT2D eigenvalue weighted by atomic mass is 10.1. The van der Waals surface area contributed by atoms with Gasteiger partial charge in [-0.05, 0) is 29.2 Å². The van der Waals surface area contributed by atoms with Crippen molar-refractivity contribution in [1.82, 2.24) is 4.90 Å². The SMILES string of the molecule is Cl.NCCN(CCc1ccccc1)C(=O)Cc1ccc2c(c1)CCO2. The number of fused-ring (bicyclic) bond motifs is 1. The number of carbonyl (C=O) groups excluding carboxylic acids is 1. The van der Waals surface area contributed by atoms with Gasteiger partial charge in [0.05, 0.1) is 13.0 Å². The zero-order chi connectivity index (χ0) is 16.8. The summed E-state index contributed by atoms with van der Waals surface area (Å²) in [6, 6.07) is 16.3. The van der Waals surface area contributed by atoms with E-state index in [-0.39, 0.29) is 18.3 Å². The Balaban J connectivity index is 0.00000225. The van der Waals surface area contributed by atoms with Crippen molar-refractivity contribution in [2.75, 3.05) is 26.2 Å². The molecular formula is C20H25ClN2O2. The van der Waals surface area contributed by atoms with Crippen LogP contribution in [0, 0.1) is 0 Å². The molecule has 1 aliphatic heterocycles. The maximum Gasteiger partial charge on any atom is 0.227 e. The summed E-state index contributed by atoms with van der Waals surface area (Å²) < 4.78 is 5.52. The summed E-state index contributed by atoms with van der Waals surface area (Å²) in [6.45, 7) is 2.52. The van der Waals surface area contributed by atoms with E-state index in [0.29, 0.717) is 26.1 Å². The fourth-order valence-electron chi connectivity index (χ4n) is 3.06. The number of amides is 1. The fourth-order valence-corrected chi connectivity index (χ4v) is 3.06. The first-order valence-electron chi connectivity index (χ1n) is 8.52. The zero-order valence-electron chi connectivity index (χ0n) is 14.3. The second-order valence-electron chi connectivity index (χ2n) is 6.12. The van der Waals surface area contributed by atoms with Gasteiger partial charge < -0.3 is 15.4 Å². The number of nitrogens with two attached hydrogens (primary N) is 1. The van der Waals surface area contributed by atoms with Crippen molar-refractivity contribution in [2.24, 2.45) is 5.73 Å². The van der Waals surface area contributed by atoms with Gasteiger partial charge in [-0.15, -0.1) is 12.4 Å². The molecule has 25 heavy (non-hydrogen) atoms. The van der Waals surface area contributed by atoms with Crippen LogP contribution in [-0.2, 0) is 24.1 Å². The number of rotatable bonds is 7. The van der Waals surface area contributed by atoms with E-state index in [1.165, 1.54) is 11.1 Å². The Bertz CT molecular complexity index is 691. The third-order valence-electron chi connectivity index (χ3n) is 4.37. The largest absolute Gasteiger partial charge is 0.493 e. The molecule has 2 aromatic rings. The Morgan fingerprint density at radius 2 is 1.88 bits per heavy atom. The van der Waals surface area contributed by atoms with Crippen LogP contribution in [0.25, 0.3) is 0 Å². The summed E-state index contributed by atoms with van der Waals surface area (Å²) in [5, 5.41) is 0. The van der Waals surface area contributed by atoms with E-state index in [1.807, 2.05) is 35.2 Å². The molecule has 2 N–H and O–H groups in total. The van der Waals surface area contributed by atoms with E-state index < -0.39 is 0 Å². The molecule has 4 nitrogen and oxygen atoms in total. The van der Waals surface area contributed by atoms with Gasteiger partial charge in [0.25, 0.3) is 0 Å². The van der Waals surface area contributed by atoms with Gasteiger partial charge in [0, 0.05) is 26.1 Å². The van der Waals surface area contributed by atoms with Crippen LogP contribution in [0.2, 0.25) is 0 Å². The molecule has 0 bridgehead atoms. The second kappa shape index (κ2) is 9.44. The highest BCUT2D eigenvalue weighted by Crippen LogP contribution is 2.26.